The van der Waals surface area contributed by atoms with Crippen LogP contribution in [0, 0.1) is 5.92 Å². The minimum Gasteiger partial charge on any atom is -0.387 e. The van der Waals surface area contributed by atoms with Gasteiger partial charge in [0.05, 0.1) is 6.10 Å². The van der Waals surface area contributed by atoms with E-state index in [1.54, 1.807) is 12.4 Å². The predicted octanol–water partition coefficient (Wildman–Crippen LogP) is 2.93. The van der Waals surface area contributed by atoms with Crippen LogP contribution in [0.15, 0.2) is 54.9 Å². The van der Waals surface area contributed by atoms with Crippen molar-refractivity contribution in [2.75, 3.05) is 0 Å². The fraction of sp³-hybridized carbons (Fsp3) is 0.353. The van der Waals surface area contributed by atoms with Crippen molar-refractivity contribution < 1.29 is 5.11 Å². The van der Waals surface area contributed by atoms with Crippen molar-refractivity contribution in [2.24, 2.45) is 5.92 Å². The lowest BCUT2D eigenvalue weighted by molar-refractivity contribution is 0.104. The molecule has 0 bridgehead atoms. The van der Waals surface area contributed by atoms with Gasteiger partial charge in [-0.1, -0.05) is 44.2 Å². The van der Waals surface area contributed by atoms with E-state index in [1.807, 2.05) is 42.5 Å². The van der Waals surface area contributed by atoms with Crippen molar-refractivity contribution in [3.63, 3.8) is 0 Å². The molecule has 20 heavy (non-hydrogen) atoms. The Kier molecular flexibility index (Phi) is 5.27. The van der Waals surface area contributed by atoms with Crippen molar-refractivity contribution in [1.82, 2.24) is 10.3 Å². The number of rotatable bonds is 6. The Morgan fingerprint density at radius 3 is 2.30 bits per heavy atom. The van der Waals surface area contributed by atoms with Crippen molar-refractivity contribution in [3.05, 3.63) is 66.0 Å². The molecule has 0 amide bonds. The average Bonchev–Trinajstić information content (AvgIpc) is 2.49. The molecule has 1 heterocycles. The first-order chi connectivity index (χ1) is 9.68. The molecule has 0 saturated carbocycles. The quantitative estimate of drug-likeness (QED) is 0.848. The summed E-state index contributed by atoms with van der Waals surface area (Å²) in [5.41, 5.74) is 2.12. The van der Waals surface area contributed by atoms with Crippen LogP contribution in [0.25, 0.3) is 0 Å². The number of nitrogens with zero attached hydrogens (tertiary/aromatic N) is 1. The van der Waals surface area contributed by atoms with Crippen LogP contribution in [-0.2, 0) is 6.54 Å². The SMILES string of the molecule is CC(C)C(NCc1ccncc1)C(O)c1ccccc1. The highest BCUT2D eigenvalue weighted by atomic mass is 16.3. The van der Waals surface area contributed by atoms with Gasteiger partial charge in [-0.15, -0.1) is 0 Å². The molecule has 1 aromatic heterocycles. The molecule has 1 aromatic carbocycles. The van der Waals surface area contributed by atoms with Gasteiger partial charge in [0.1, 0.15) is 0 Å². The van der Waals surface area contributed by atoms with Gasteiger partial charge >= 0.3 is 0 Å². The number of hydrogen-bond donors (Lipinski definition) is 2. The van der Waals surface area contributed by atoms with Crippen LogP contribution in [0.2, 0.25) is 0 Å². The Morgan fingerprint density at radius 1 is 1.05 bits per heavy atom. The lowest BCUT2D eigenvalue weighted by Gasteiger charge is -2.28. The van der Waals surface area contributed by atoms with Crippen LogP contribution in [0.3, 0.4) is 0 Å². The second-order valence-corrected chi connectivity index (χ2v) is 5.36. The molecule has 0 fully saturated rings. The molecule has 0 aliphatic heterocycles. The molecule has 2 unspecified atom stereocenters. The summed E-state index contributed by atoms with van der Waals surface area (Å²) in [6.07, 6.45) is 3.07. The minimum atomic E-state index is -0.502. The van der Waals surface area contributed by atoms with Crippen LogP contribution >= 0.6 is 0 Å². The Morgan fingerprint density at radius 2 is 1.70 bits per heavy atom. The Labute approximate surface area is 120 Å². The number of hydrogen-bond acceptors (Lipinski definition) is 3. The third-order valence-electron chi connectivity index (χ3n) is 3.49. The van der Waals surface area contributed by atoms with Gasteiger partial charge in [0.25, 0.3) is 0 Å². The summed E-state index contributed by atoms with van der Waals surface area (Å²) in [5.74, 6) is 0.340. The molecule has 3 heteroatoms. The zero-order valence-corrected chi connectivity index (χ0v) is 12.0. The maximum absolute atomic E-state index is 10.6. The highest BCUT2D eigenvalue weighted by Crippen LogP contribution is 2.22. The first kappa shape index (κ1) is 14.7. The van der Waals surface area contributed by atoms with Crippen LogP contribution < -0.4 is 5.32 Å². The molecule has 2 aromatic rings. The zero-order valence-electron chi connectivity index (χ0n) is 12.0. The van der Waals surface area contributed by atoms with Crippen LogP contribution in [0.5, 0.6) is 0 Å². The van der Waals surface area contributed by atoms with Crippen LogP contribution in [-0.4, -0.2) is 16.1 Å². The van der Waals surface area contributed by atoms with Crippen molar-refractivity contribution in [3.8, 4) is 0 Å². The van der Waals surface area contributed by atoms with Gasteiger partial charge in [0, 0.05) is 25.0 Å². The molecular weight excluding hydrogens is 248 g/mol. The first-order valence-electron chi connectivity index (χ1n) is 7.04. The topological polar surface area (TPSA) is 45.2 Å². The number of benzene rings is 1. The maximum atomic E-state index is 10.6. The minimum absolute atomic E-state index is 0.0190. The summed E-state index contributed by atoms with van der Waals surface area (Å²) in [6, 6.07) is 13.8. The van der Waals surface area contributed by atoms with Gasteiger partial charge in [-0.2, -0.15) is 0 Å². The molecular formula is C17H22N2O. The summed E-state index contributed by atoms with van der Waals surface area (Å²) >= 11 is 0. The fourth-order valence-electron chi connectivity index (χ4n) is 2.31. The third-order valence-corrected chi connectivity index (χ3v) is 3.49. The van der Waals surface area contributed by atoms with Gasteiger partial charge in [-0.05, 0) is 29.2 Å². The highest BCUT2D eigenvalue weighted by molar-refractivity contribution is 5.19. The molecule has 2 rings (SSSR count). The number of aliphatic hydroxyl groups excluding tert-OH is 1. The van der Waals surface area contributed by atoms with Gasteiger partial charge in [-0.25, -0.2) is 0 Å². The molecule has 2 N–H and O–H groups in total. The number of nitrogens with one attached hydrogen (secondary N) is 1. The van der Waals surface area contributed by atoms with Crippen molar-refractivity contribution >= 4 is 0 Å². The van der Waals surface area contributed by atoms with E-state index < -0.39 is 6.10 Å². The molecule has 106 valence electrons. The van der Waals surface area contributed by atoms with Gasteiger partial charge in [-0.3, -0.25) is 4.98 Å². The van der Waals surface area contributed by atoms with Crippen molar-refractivity contribution in [2.45, 2.75) is 32.5 Å². The normalized spacial score (nSPS) is 14.2. The van der Waals surface area contributed by atoms with E-state index in [0.29, 0.717) is 5.92 Å². The lowest BCUT2D eigenvalue weighted by Crippen LogP contribution is -2.38. The Hall–Kier alpha value is -1.71. The number of aromatic nitrogens is 1. The molecule has 0 saturated heterocycles. The molecule has 0 radical (unpaired) electrons. The highest BCUT2D eigenvalue weighted by Gasteiger charge is 2.23. The largest absolute Gasteiger partial charge is 0.387 e. The Bertz CT molecular complexity index is 499. The monoisotopic (exact) mass is 270 g/mol. The summed E-state index contributed by atoms with van der Waals surface area (Å²) in [6.45, 7) is 4.97. The lowest BCUT2D eigenvalue weighted by atomic mass is 9.93. The van der Waals surface area contributed by atoms with E-state index >= 15 is 0 Å². The van der Waals surface area contributed by atoms with E-state index in [4.69, 9.17) is 0 Å². The molecule has 0 aliphatic carbocycles. The van der Waals surface area contributed by atoms with E-state index in [-0.39, 0.29) is 6.04 Å². The second kappa shape index (κ2) is 7.17. The first-order valence-corrected chi connectivity index (χ1v) is 7.04. The van der Waals surface area contributed by atoms with Gasteiger partial charge in [0.2, 0.25) is 0 Å². The Balaban J connectivity index is 2.04. The van der Waals surface area contributed by atoms with E-state index in [1.165, 1.54) is 5.56 Å². The predicted molar refractivity (Wildman–Crippen MR) is 81.1 cm³/mol. The summed E-state index contributed by atoms with van der Waals surface area (Å²) in [4.78, 5) is 4.01. The molecule has 2 atom stereocenters. The summed E-state index contributed by atoms with van der Waals surface area (Å²) in [7, 11) is 0. The van der Waals surface area contributed by atoms with Crippen LogP contribution in [0.4, 0.5) is 0 Å². The summed E-state index contributed by atoms with van der Waals surface area (Å²) in [5, 5.41) is 14.0. The summed E-state index contributed by atoms with van der Waals surface area (Å²) < 4.78 is 0. The zero-order chi connectivity index (χ0) is 14.4. The van der Waals surface area contributed by atoms with E-state index in [0.717, 1.165) is 12.1 Å². The standard InChI is InChI=1S/C17H22N2O/c1-13(2)16(17(20)15-6-4-3-5-7-15)19-12-14-8-10-18-11-9-14/h3-11,13,16-17,19-20H,12H2,1-2H3. The molecule has 3 nitrogen and oxygen atoms in total. The molecule has 0 spiro atoms. The number of aliphatic hydroxyl groups is 1. The average molecular weight is 270 g/mol. The van der Waals surface area contributed by atoms with Crippen LogP contribution in [0.1, 0.15) is 31.1 Å². The van der Waals surface area contributed by atoms with E-state index in [9.17, 15) is 5.11 Å². The maximum Gasteiger partial charge on any atom is 0.0945 e. The number of pyridine rings is 1. The van der Waals surface area contributed by atoms with Crippen molar-refractivity contribution in [1.29, 1.82) is 0 Å². The third kappa shape index (κ3) is 3.89. The van der Waals surface area contributed by atoms with E-state index in [2.05, 4.69) is 24.1 Å². The second-order valence-electron chi connectivity index (χ2n) is 5.36. The van der Waals surface area contributed by atoms with Gasteiger partial charge < -0.3 is 10.4 Å². The molecule has 0 aliphatic rings. The fourth-order valence-corrected chi connectivity index (χ4v) is 2.31. The van der Waals surface area contributed by atoms with Gasteiger partial charge in [0.15, 0.2) is 0 Å². The smallest absolute Gasteiger partial charge is 0.0945 e.